The number of nitrogens with one attached hydrogen (secondary N) is 1. The van der Waals surface area contributed by atoms with Crippen molar-refractivity contribution in [3.63, 3.8) is 0 Å². The van der Waals surface area contributed by atoms with Gasteiger partial charge >= 0.3 is 6.03 Å². The molecule has 0 atom stereocenters. The normalized spacial score (nSPS) is 14.6. The zero-order chi connectivity index (χ0) is 13.1. The molecule has 0 spiro atoms. The van der Waals surface area contributed by atoms with Gasteiger partial charge in [-0.05, 0) is 44.4 Å². The highest BCUT2D eigenvalue weighted by Gasteiger charge is 2.26. The van der Waals surface area contributed by atoms with Crippen LogP contribution in [-0.4, -0.2) is 23.0 Å². The molecule has 0 heterocycles. The van der Waals surface area contributed by atoms with Gasteiger partial charge in [-0.15, -0.1) is 0 Å². The molecule has 2 rings (SSSR count). The van der Waals surface area contributed by atoms with Crippen LogP contribution in [0.25, 0.3) is 0 Å². The topological polar surface area (TPSA) is 58.4 Å². The maximum absolute atomic E-state index is 12.1. The van der Waals surface area contributed by atoms with Crippen molar-refractivity contribution in [1.82, 2.24) is 10.2 Å². The van der Waals surface area contributed by atoms with Gasteiger partial charge in [0, 0.05) is 24.3 Å². The summed E-state index contributed by atoms with van der Waals surface area (Å²) in [7, 11) is 0. The predicted molar refractivity (Wildman–Crippen MR) is 73.1 cm³/mol. The minimum Gasteiger partial charge on any atom is -0.399 e. The lowest BCUT2D eigenvalue weighted by atomic mass is 10.2. The van der Waals surface area contributed by atoms with Gasteiger partial charge in [-0.3, -0.25) is 0 Å². The van der Waals surface area contributed by atoms with Crippen molar-refractivity contribution in [3.8, 4) is 0 Å². The Morgan fingerprint density at radius 3 is 2.50 bits per heavy atom. The van der Waals surface area contributed by atoms with Crippen LogP contribution in [0.15, 0.2) is 24.3 Å². The molecule has 1 aromatic rings. The Labute approximate surface area is 108 Å². The van der Waals surface area contributed by atoms with Gasteiger partial charge in [0.25, 0.3) is 0 Å². The Hall–Kier alpha value is -1.71. The van der Waals surface area contributed by atoms with Crippen LogP contribution in [0.3, 0.4) is 0 Å². The maximum Gasteiger partial charge on any atom is 0.318 e. The summed E-state index contributed by atoms with van der Waals surface area (Å²) in [6.45, 7) is 4.68. The number of amides is 2. The molecule has 98 valence electrons. The van der Waals surface area contributed by atoms with Crippen LogP contribution < -0.4 is 11.1 Å². The Morgan fingerprint density at radius 2 is 2.00 bits per heavy atom. The van der Waals surface area contributed by atoms with Crippen molar-refractivity contribution in [3.05, 3.63) is 29.8 Å². The smallest absolute Gasteiger partial charge is 0.318 e. The van der Waals surface area contributed by atoms with E-state index in [4.69, 9.17) is 5.73 Å². The fourth-order valence-corrected chi connectivity index (χ4v) is 1.79. The fourth-order valence-electron chi connectivity index (χ4n) is 1.79. The van der Waals surface area contributed by atoms with Gasteiger partial charge in [0.15, 0.2) is 0 Å². The number of carbonyl (C=O) groups excluding carboxylic acids is 1. The molecular formula is C14H21N3O. The van der Waals surface area contributed by atoms with E-state index >= 15 is 0 Å². The van der Waals surface area contributed by atoms with E-state index in [9.17, 15) is 4.79 Å². The standard InChI is InChI=1S/C14H21N3O/c1-10(2)17(14(18)16-13-7-8-13)9-11-3-5-12(15)6-4-11/h3-6,10,13H,7-9,15H2,1-2H3,(H,16,18). The summed E-state index contributed by atoms with van der Waals surface area (Å²) < 4.78 is 0. The predicted octanol–water partition coefficient (Wildman–Crippen LogP) is 2.35. The van der Waals surface area contributed by atoms with Crippen molar-refractivity contribution < 1.29 is 4.79 Å². The Balaban J connectivity index is 2.00. The molecule has 1 aliphatic carbocycles. The molecule has 1 fully saturated rings. The molecule has 0 aromatic heterocycles. The molecule has 0 bridgehead atoms. The molecule has 3 N–H and O–H groups in total. The number of urea groups is 1. The first-order valence-electron chi connectivity index (χ1n) is 6.48. The third-order valence-electron chi connectivity index (χ3n) is 3.12. The van der Waals surface area contributed by atoms with E-state index in [1.165, 1.54) is 0 Å². The lowest BCUT2D eigenvalue weighted by Gasteiger charge is -2.27. The van der Waals surface area contributed by atoms with Gasteiger partial charge in [-0.25, -0.2) is 4.79 Å². The van der Waals surface area contributed by atoms with Crippen LogP contribution >= 0.6 is 0 Å². The van der Waals surface area contributed by atoms with Crippen molar-refractivity contribution in [2.24, 2.45) is 0 Å². The molecule has 2 amide bonds. The maximum atomic E-state index is 12.1. The monoisotopic (exact) mass is 247 g/mol. The number of nitrogens with two attached hydrogens (primary N) is 1. The number of rotatable bonds is 4. The largest absolute Gasteiger partial charge is 0.399 e. The number of benzene rings is 1. The van der Waals surface area contributed by atoms with Gasteiger partial charge in [0.1, 0.15) is 0 Å². The molecule has 1 aromatic carbocycles. The summed E-state index contributed by atoms with van der Waals surface area (Å²) in [4.78, 5) is 13.9. The van der Waals surface area contributed by atoms with E-state index in [0.717, 1.165) is 24.1 Å². The number of nitrogens with zero attached hydrogens (tertiary/aromatic N) is 1. The van der Waals surface area contributed by atoms with Crippen LogP contribution in [-0.2, 0) is 6.54 Å². The third kappa shape index (κ3) is 3.39. The number of anilines is 1. The van der Waals surface area contributed by atoms with E-state index in [2.05, 4.69) is 5.32 Å². The average Bonchev–Trinajstić information content (AvgIpc) is 3.11. The van der Waals surface area contributed by atoms with Gasteiger partial charge in [-0.2, -0.15) is 0 Å². The highest BCUT2D eigenvalue weighted by molar-refractivity contribution is 5.75. The summed E-state index contributed by atoms with van der Waals surface area (Å²) in [5.41, 5.74) is 7.51. The Bertz CT molecular complexity index is 410. The second-order valence-corrected chi connectivity index (χ2v) is 5.19. The molecule has 18 heavy (non-hydrogen) atoms. The average molecular weight is 247 g/mol. The van der Waals surface area contributed by atoms with E-state index in [1.54, 1.807) is 0 Å². The molecule has 0 radical (unpaired) electrons. The molecule has 4 heteroatoms. The first-order chi connectivity index (χ1) is 8.56. The molecular weight excluding hydrogens is 226 g/mol. The first kappa shape index (κ1) is 12.7. The molecule has 0 saturated heterocycles. The minimum atomic E-state index is 0.0318. The number of hydrogen-bond acceptors (Lipinski definition) is 2. The second kappa shape index (κ2) is 5.29. The zero-order valence-corrected chi connectivity index (χ0v) is 11.0. The van der Waals surface area contributed by atoms with Gasteiger partial charge in [0.05, 0.1) is 0 Å². The second-order valence-electron chi connectivity index (χ2n) is 5.19. The first-order valence-corrected chi connectivity index (χ1v) is 6.48. The highest BCUT2D eigenvalue weighted by Crippen LogP contribution is 2.20. The summed E-state index contributed by atoms with van der Waals surface area (Å²) >= 11 is 0. The van der Waals surface area contributed by atoms with Gasteiger partial charge in [-0.1, -0.05) is 12.1 Å². The van der Waals surface area contributed by atoms with Crippen LogP contribution in [0.4, 0.5) is 10.5 Å². The minimum absolute atomic E-state index is 0.0318. The Kier molecular flexibility index (Phi) is 3.75. The van der Waals surface area contributed by atoms with E-state index in [0.29, 0.717) is 12.6 Å². The van der Waals surface area contributed by atoms with Crippen molar-refractivity contribution in [2.75, 3.05) is 5.73 Å². The molecule has 0 aliphatic heterocycles. The van der Waals surface area contributed by atoms with Crippen LogP contribution in [0.5, 0.6) is 0 Å². The quantitative estimate of drug-likeness (QED) is 0.802. The number of carbonyl (C=O) groups is 1. The molecule has 1 saturated carbocycles. The zero-order valence-electron chi connectivity index (χ0n) is 11.0. The van der Waals surface area contributed by atoms with Crippen LogP contribution in [0, 0.1) is 0 Å². The lowest BCUT2D eigenvalue weighted by Crippen LogP contribution is -2.44. The van der Waals surface area contributed by atoms with Gasteiger partial charge in [0.2, 0.25) is 0 Å². The highest BCUT2D eigenvalue weighted by atomic mass is 16.2. The molecule has 4 nitrogen and oxygen atoms in total. The fraction of sp³-hybridized carbons (Fsp3) is 0.500. The van der Waals surface area contributed by atoms with Crippen molar-refractivity contribution in [1.29, 1.82) is 0 Å². The van der Waals surface area contributed by atoms with E-state index in [-0.39, 0.29) is 12.1 Å². The van der Waals surface area contributed by atoms with Gasteiger partial charge < -0.3 is 16.0 Å². The van der Waals surface area contributed by atoms with Crippen molar-refractivity contribution in [2.45, 2.75) is 45.3 Å². The Morgan fingerprint density at radius 1 is 1.39 bits per heavy atom. The molecule has 0 unspecified atom stereocenters. The molecule has 1 aliphatic rings. The summed E-state index contributed by atoms with van der Waals surface area (Å²) in [5.74, 6) is 0. The number of hydrogen-bond donors (Lipinski definition) is 2. The summed E-state index contributed by atoms with van der Waals surface area (Å²) in [5, 5.41) is 3.03. The van der Waals surface area contributed by atoms with Crippen molar-refractivity contribution >= 4 is 11.7 Å². The summed E-state index contributed by atoms with van der Waals surface area (Å²) in [6.07, 6.45) is 2.22. The third-order valence-corrected chi connectivity index (χ3v) is 3.12. The van der Waals surface area contributed by atoms with E-state index in [1.807, 2.05) is 43.0 Å². The van der Waals surface area contributed by atoms with E-state index < -0.39 is 0 Å². The summed E-state index contributed by atoms with van der Waals surface area (Å²) in [6, 6.07) is 8.28. The SMILES string of the molecule is CC(C)N(Cc1ccc(N)cc1)C(=O)NC1CC1. The van der Waals surface area contributed by atoms with Crippen LogP contribution in [0.2, 0.25) is 0 Å². The lowest BCUT2D eigenvalue weighted by molar-refractivity contribution is 0.179. The number of nitrogen functional groups attached to an aromatic ring is 1. The van der Waals surface area contributed by atoms with Crippen LogP contribution in [0.1, 0.15) is 32.3 Å².